The van der Waals surface area contributed by atoms with Crippen molar-refractivity contribution in [1.29, 1.82) is 0 Å². The fraction of sp³-hybridized carbons (Fsp3) is 0.879. The van der Waals surface area contributed by atoms with Crippen LogP contribution in [0.5, 0.6) is 0 Å². The Hall–Kier alpha value is -1.92. The van der Waals surface area contributed by atoms with Gasteiger partial charge in [-0.2, -0.15) is 0 Å². The van der Waals surface area contributed by atoms with E-state index in [9.17, 15) is 19.8 Å². The first-order valence-corrected chi connectivity index (χ1v) is 32.2. The summed E-state index contributed by atoms with van der Waals surface area (Å²) in [7, 11) is 0. The highest BCUT2D eigenvalue weighted by molar-refractivity contribution is 5.76. The van der Waals surface area contributed by atoms with E-state index in [2.05, 4.69) is 55.6 Å². The molecular formula is C66H125NO5. The molecule has 0 heterocycles. The Morgan fingerprint density at radius 2 is 0.694 bits per heavy atom. The molecule has 6 nitrogen and oxygen atoms in total. The van der Waals surface area contributed by atoms with Gasteiger partial charge in [0.15, 0.2) is 0 Å². The molecule has 0 aromatic rings. The van der Waals surface area contributed by atoms with Gasteiger partial charge in [0.1, 0.15) is 0 Å². The molecular weight excluding hydrogens is 887 g/mol. The molecule has 0 aromatic heterocycles. The minimum absolute atomic E-state index is 0.000122. The summed E-state index contributed by atoms with van der Waals surface area (Å²) in [5, 5.41) is 23.3. The quantitative estimate of drug-likeness (QED) is 0.0320. The van der Waals surface area contributed by atoms with Crippen LogP contribution in [0.3, 0.4) is 0 Å². The number of nitrogens with one attached hydrogen (secondary N) is 1. The van der Waals surface area contributed by atoms with Crippen molar-refractivity contribution in [3.8, 4) is 0 Å². The molecule has 0 bridgehead atoms. The van der Waals surface area contributed by atoms with Crippen LogP contribution >= 0.6 is 0 Å². The van der Waals surface area contributed by atoms with Gasteiger partial charge in [-0.25, -0.2) is 0 Å². The van der Waals surface area contributed by atoms with E-state index >= 15 is 0 Å². The number of carbonyl (C=O) groups excluding carboxylic acids is 2. The third kappa shape index (κ3) is 57.4. The van der Waals surface area contributed by atoms with Crippen molar-refractivity contribution < 1.29 is 24.5 Å². The predicted molar refractivity (Wildman–Crippen MR) is 315 cm³/mol. The molecule has 6 heteroatoms. The Morgan fingerprint density at radius 3 is 1.08 bits per heavy atom. The smallest absolute Gasteiger partial charge is 0.305 e. The molecule has 0 radical (unpaired) electrons. The maximum Gasteiger partial charge on any atom is 0.305 e. The van der Waals surface area contributed by atoms with E-state index in [1.54, 1.807) is 0 Å². The number of hydrogen-bond donors (Lipinski definition) is 3. The number of esters is 1. The lowest BCUT2D eigenvalue weighted by Gasteiger charge is -2.22. The van der Waals surface area contributed by atoms with Gasteiger partial charge in [-0.3, -0.25) is 9.59 Å². The zero-order valence-electron chi connectivity index (χ0n) is 48.4. The zero-order valence-corrected chi connectivity index (χ0v) is 48.4. The molecule has 0 fully saturated rings. The number of ether oxygens (including phenoxy) is 1. The Balaban J connectivity index is 3.44. The van der Waals surface area contributed by atoms with Crippen LogP contribution < -0.4 is 5.32 Å². The normalized spacial score (nSPS) is 12.8. The fourth-order valence-corrected chi connectivity index (χ4v) is 9.96. The number of hydrogen-bond acceptors (Lipinski definition) is 5. The molecule has 72 heavy (non-hydrogen) atoms. The monoisotopic (exact) mass is 1010 g/mol. The number of aliphatic hydroxyl groups excluding tert-OH is 2. The van der Waals surface area contributed by atoms with Gasteiger partial charge in [0.05, 0.1) is 25.4 Å². The Morgan fingerprint density at radius 1 is 0.389 bits per heavy atom. The number of allylic oxidation sites excluding steroid dienone is 6. The van der Waals surface area contributed by atoms with Crippen LogP contribution in [0.25, 0.3) is 0 Å². The third-order valence-electron chi connectivity index (χ3n) is 14.9. The highest BCUT2D eigenvalue weighted by atomic mass is 16.5. The van der Waals surface area contributed by atoms with Crippen LogP contribution in [0.1, 0.15) is 348 Å². The molecule has 424 valence electrons. The molecule has 2 atom stereocenters. The van der Waals surface area contributed by atoms with Gasteiger partial charge in [-0.05, 0) is 83.5 Å². The second-order valence-corrected chi connectivity index (χ2v) is 22.1. The van der Waals surface area contributed by atoms with Crippen molar-refractivity contribution in [3.63, 3.8) is 0 Å². The largest absolute Gasteiger partial charge is 0.466 e. The van der Waals surface area contributed by atoms with Crippen molar-refractivity contribution in [2.24, 2.45) is 0 Å². The molecule has 0 aliphatic carbocycles. The first-order chi connectivity index (χ1) is 35.5. The first-order valence-electron chi connectivity index (χ1n) is 32.2. The lowest BCUT2D eigenvalue weighted by atomic mass is 10.0. The Labute approximate surface area is 449 Å². The molecule has 0 aliphatic heterocycles. The van der Waals surface area contributed by atoms with Gasteiger partial charge in [0.2, 0.25) is 5.91 Å². The summed E-state index contributed by atoms with van der Waals surface area (Å²) in [4.78, 5) is 24.5. The second kappa shape index (κ2) is 61.6. The molecule has 0 saturated carbocycles. The number of rotatable bonds is 60. The molecule has 0 rings (SSSR count). The maximum absolute atomic E-state index is 12.5. The van der Waals surface area contributed by atoms with Crippen LogP contribution in [0.2, 0.25) is 0 Å². The van der Waals surface area contributed by atoms with Gasteiger partial charge in [0, 0.05) is 12.8 Å². The van der Waals surface area contributed by atoms with E-state index in [0.717, 1.165) is 51.4 Å². The molecule has 1 amide bonds. The third-order valence-corrected chi connectivity index (χ3v) is 14.9. The van der Waals surface area contributed by atoms with Gasteiger partial charge < -0.3 is 20.3 Å². The summed E-state index contributed by atoms with van der Waals surface area (Å²) < 4.78 is 5.47. The number of aliphatic hydroxyl groups is 2. The molecule has 0 saturated heterocycles. The molecule has 0 aromatic carbocycles. The van der Waals surface area contributed by atoms with Crippen LogP contribution in [-0.4, -0.2) is 47.4 Å². The standard InChI is InChI=1S/C66H125NO5/c1-3-5-7-9-11-13-15-17-18-28-31-35-38-42-46-50-54-58-64(69)63(62-68)67-65(70)59-55-51-47-43-39-36-32-29-26-24-22-20-19-21-23-25-27-30-33-37-41-45-49-53-57-61-72-66(71)60-56-52-48-44-40-34-16-14-12-10-8-6-4-2/h14,16,20-23,63-64,68-69H,3-13,15,17-19,24-62H2,1-2H3,(H,67,70)/b16-14-,22-20-,23-21-. The first kappa shape index (κ1) is 70.1. The fourth-order valence-electron chi connectivity index (χ4n) is 9.96. The highest BCUT2D eigenvalue weighted by Gasteiger charge is 2.20. The lowest BCUT2D eigenvalue weighted by molar-refractivity contribution is -0.143. The van der Waals surface area contributed by atoms with Crippen molar-refractivity contribution in [2.45, 2.75) is 360 Å². The van der Waals surface area contributed by atoms with Gasteiger partial charge in [0.25, 0.3) is 0 Å². The van der Waals surface area contributed by atoms with E-state index < -0.39 is 12.1 Å². The Kier molecular flexibility index (Phi) is 60.0. The number of amides is 1. The van der Waals surface area contributed by atoms with Crippen LogP contribution in [0, 0.1) is 0 Å². The van der Waals surface area contributed by atoms with Crippen LogP contribution in [-0.2, 0) is 14.3 Å². The zero-order chi connectivity index (χ0) is 52.2. The van der Waals surface area contributed by atoms with E-state index in [0.29, 0.717) is 25.9 Å². The van der Waals surface area contributed by atoms with Gasteiger partial charge in [-0.15, -0.1) is 0 Å². The predicted octanol–water partition coefficient (Wildman–Crippen LogP) is 20.4. The SMILES string of the molecule is CCCCCC/C=C\CCCCCCCC(=O)OCCCCCCCCCCC/C=C\C/C=C\CCCCCCCCCCCC(=O)NC(CO)C(O)CCCCCCCCCCCCCCCCCCC. The summed E-state index contributed by atoms with van der Waals surface area (Å²) in [6.07, 6.45) is 77.3. The second-order valence-electron chi connectivity index (χ2n) is 22.1. The molecule has 2 unspecified atom stereocenters. The van der Waals surface area contributed by atoms with E-state index in [1.807, 2.05) is 0 Å². The summed E-state index contributed by atoms with van der Waals surface area (Å²) in [5.74, 6) is -0.0391. The van der Waals surface area contributed by atoms with E-state index in [-0.39, 0.29) is 18.5 Å². The molecule has 3 N–H and O–H groups in total. The number of unbranched alkanes of at least 4 members (excludes halogenated alkanes) is 43. The molecule has 0 aliphatic rings. The van der Waals surface area contributed by atoms with E-state index in [1.165, 1.54) is 263 Å². The average Bonchev–Trinajstić information content (AvgIpc) is 3.38. The summed E-state index contributed by atoms with van der Waals surface area (Å²) in [6.45, 7) is 4.95. The summed E-state index contributed by atoms with van der Waals surface area (Å²) in [5.41, 5.74) is 0. The van der Waals surface area contributed by atoms with Crippen LogP contribution in [0.4, 0.5) is 0 Å². The lowest BCUT2D eigenvalue weighted by Crippen LogP contribution is -2.45. The van der Waals surface area contributed by atoms with Crippen molar-refractivity contribution in [3.05, 3.63) is 36.5 Å². The average molecular weight is 1010 g/mol. The topological polar surface area (TPSA) is 95.9 Å². The van der Waals surface area contributed by atoms with Gasteiger partial charge in [-0.1, -0.05) is 288 Å². The Bertz CT molecular complexity index is 1170. The van der Waals surface area contributed by atoms with Gasteiger partial charge >= 0.3 is 5.97 Å². The minimum atomic E-state index is -0.669. The van der Waals surface area contributed by atoms with Crippen LogP contribution in [0.15, 0.2) is 36.5 Å². The molecule has 0 spiro atoms. The maximum atomic E-state index is 12.5. The summed E-state index contributed by atoms with van der Waals surface area (Å²) >= 11 is 0. The highest BCUT2D eigenvalue weighted by Crippen LogP contribution is 2.17. The van der Waals surface area contributed by atoms with E-state index in [4.69, 9.17) is 4.74 Å². The van der Waals surface area contributed by atoms with Crippen molar-refractivity contribution in [1.82, 2.24) is 5.32 Å². The van der Waals surface area contributed by atoms with Crippen molar-refractivity contribution >= 4 is 11.9 Å². The summed E-state index contributed by atoms with van der Waals surface area (Å²) in [6, 6.07) is -0.547. The van der Waals surface area contributed by atoms with Crippen molar-refractivity contribution in [2.75, 3.05) is 13.2 Å². The number of carbonyl (C=O) groups is 2. The minimum Gasteiger partial charge on any atom is -0.466 e.